The molecule has 2 heterocycles. The minimum absolute atomic E-state index is 0.00468. The lowest BCUT2D eigenvalue weighted by molar-refractivity contribution is -0.149. The number of carbonyl (C=O) groups excluding carboxylic acids is 2. The molecule has 1 fully saturated rings. The van der Waals surface area contributed by atoms with E-state index in [4.69, 9.17) is 10.5 Å². The molecule has 0 spiro atoms. The van der Waals surface area contributed by atoms with Crippen LogP contribution in [-0.4, -0.2) is 57.0 Å². The molecule has 7 nitrogen and oxygen atoms in total. The number of thioether (sulfide) groups is 1. The molecule has 3 N–H and O–H groups in total. The zero-order valence-corrected chi connectivity index (χ0v) is 12.1. The van der Waals surface area contributed by atoms with Crippen molar-refractivity contribution in [3.8, 4) is 0 Å². The lowest BCUT2D eigenvalue weighted by Gasteiger charge is -2.47. The van der Waals surface area contributed by atoms with Crippen molar-refractivity contribution in [1.82, 2.24) is 4.90 Å². The maximum atomic E-state index is 11.8. The molecule has 2 aliphatic heterocycles. The van der Waals surface area contributed by atoms with Gasteiger partial charge in [0.25, 0.3) is 0 Å². The normalized spacial score (nSPS) is 25.8. The molecule has 1 saturated heterocycles. The Labute approximate surface area is 121 Å². The highest BCUT2D eigenvalue weighted by Crippen LogP contribution is 2.39. The molecule has 0 aromatic heterocycles. The molecule has 0 bridgehead atoms. The van der Waals surface area contributed by atoms with Gasteiger partial charge in [-0.25, -0.2) is 9.59 Å². The van der Waals surface area contributed by atoms with E-state index in [1.54, 1.807) is 0 Å². The van der Waals surface area contributed by atoms with Gasteiger partial charge in [-0.3, -0.25) is 9.69 Å². The van der Waals surface area contributed by atoms with Crippen molar-refractivity contribution in [2.24, 2.45) is 5.73 Å². The molecular weight excluding hydrogens is 340 g/mol. The van der Waals surface area contributed by atoms with E-state index in [1.165, 1.54) is 11.8 Å². The molecule has 2 atom stereocenters. The zero-order valence-electron chi connectivity index (χ0n) is 9.67. The summed E-state index contributed by atoms with van der Waals surface area (Å²) in [6.07, 6.45) is 0. The molecule has 19 heavy (non-hydrogen) atoms. The molecule has 2 rings (SSSR count). The maximum Gasteiger partial charge on any atom is 0.353 e. The third kappa shape index (κ3) is 2.37. The fourth-order valence-corrected chi connectivity index (χ4v) is 3.33. The van der Waals surface area contributed by atoms with Gasteiger partial charge in [-0.1, -0.05) is 15.9 Å². The van der Waals surface area contributed by atoms with Crippen LogP contribution in [-0.2, 0) is 19.1 Å². The van der Waals surface area contributed by atoms with Crippen molar-refractivity contribution in [2.75, 3.05) is 17.7 Å². The second-order valence-electron chi connectivity index (χ2n) is 3.89. The second-order valence-corrected chi connectivity index (χ2v) is 5.79. The third-order valence-corrected chi connectivity index (χ3v) is 4.39. The van der Waals surface area contributed by atoms with Crippen molar-refractivity contribution in [3.05, 3.63) is 11.3 Å². The van der Waals surface area contributed by atoms with Crippen molar-refractivity contribution >= 4 is 45.5 Å². The Morgan fingerprint density at radius 2 is 2.26 bits per heavy atom. The first-order valence-electron chi connectivity index (χ1n) is 5.38. The molecule has 1 unspecified atom stereocenters. The first-order chi connectivity index (χ1) is 8.99. The summed E-state index contributed by atoms with van der Waals surface area (Å²) in [5.74, 6) is -2.35. The number of carbonyl (C=O) groups is 3. The number of carboxylic acids is 1. The average Bonchev–Trinajstić information content (AvgIpc) is 2.41. The lowest BCUT2D eigenvalue weighted by atomic mass is 10.0. The first kappa shape index (κ1) is 14.4. The SMILES string of the molecule is NC1C(=O)N2C(C(=O)O)=C(C(=O)OCCBr)CS[C@@H]12. The van der Waals surface area contributed by atoms with E-state index in [0.29, 0.717) is 5.33 Å². The smallest absolute Gasteiger partial charge is 0.353 e. The number of ether oxygens (including phenoxy) is 1. The highest BCUT2D eigenvalue weighted by atomic mass is 79.9. The van der Waals surface area contributed by atoms with E-state index in [9.17, 15) is 19.5 Å². The first-order valence-corrected chi connectivity index (χ1v) is 7.55. The lowest BCUT2D eigenvalue weighted by Crippen LogP contribution is -2.68. The predicted molar refractivity (Wildman–Crippen MR) is 70.5 cm³/mol. The number of hydrogen-bond acceptors (Lipinski definition) is 6. The zero-order chi connectivity index (χ0) is 14.2. The number of fused-ring (bicyclic) bond motifs is 1. The molecule has 2 aliphatic rings. The van der Waals surface area contributed by atoms with Crippen LogP contribution in [0.4, 0.5) is 0 Å². The summed E-state index contributed by atoms with van der Waals surface area (Å²) >= 11 is 4.36. The Morgan fingerprint density at radius 1 is 1.58 bits per heavy atom. The Balaban J connectivity index is 2.30. The standard InChI is InChI=1S/C10H11BrN2O5S/c11-1-2-18-10(17)4-3-19-8-5(12)7(14)13(8)6(4)9(15)16/h5,8H,1-3,12H2,(H,15,16)/t5?,8-/m0/s1. The maximum absolute atomic E-state index is 11.8. The average molecular weight is 351 g/mol. The van der Waals surface area contributed by atoms with Crippen LogP contribution in [0, 0.1) is 0 Å². The largest absolute Gasteiger partial charge is 0.477 e. The summed E-state index contributed by atoms with van der Waals surface area (Å²) in [7, 11) is 0. The number of nitrogens with two attached hydrogens (primary N) is 1. The van der Waals surface area contributed by atoms with Crippen LogP contribution in [0.3, 0.4) is 0 Å². The van der Waals surface area contributed by atoms with Gasteiger partial charge in [0.1, 0.15) is 23.7 Å². The fourth-order valence-electron chi connectivity index (χ4n) is 1.89. The Morgan fingerprint density at radius 3 is 2.84 bits per heavy atom. The number of alkyl halides is 1. The Kier molecular flexibility index (Phi) is 4.16. The number of amides is 1. The van der Waals surface area contributed by atoms with Crippen molar-refractivity contribution in [1.29, 1.82) is 0 Å². The number of β-lactam (4-membered cyclic amide) rings is 1. The van der Waals surface area contributed by atoms with Crippen molar-refractivity contribution in [3.63, 3.8) is 0 Å². The topological polar surface area (TPSA) is 110 Å². The summed E-state index contributed by atoms with van der Waals surface area (Å²) in [5.41, 5.74) is 5.28. The van der Waals surface area contributed by atoms with E-state index in [-0.39, 0.29) is 23.6 Å². The molecule has 104 valence electrons. The van der Waals surface area contributed by atoms with Crippen LogP contribution in [0.1, 0.15) is 0 Å². The Bertz CT molecular complexity index is 481. The van der Waals surface area contributed by atoms with Crippen LogP contribution in [0.2, 0.25) is 0 Å². The monoisotopic (exact) mass is 350 g/mol. The van der Waals surface area contributed by atoms with Gasteiger partial charge in [0.2, 0.25) is 5.91 Å². The van der Waals surface area contributed by atoms with Gasteiger partial charge in [-0.15, -0.1) is 11.8 Å². The van der Waals surface area contributed by atoms with Crippen LogP contribution in [0.15, 0.2) is 11.3 Å². The minimum atomic E-state index is -1.32. The molecule has 0 aromatic carbocycles. The second kappa shape index (κ2) is 5.51. The van der Waals surface area contributed by atoms with E-state index in [1.807, 2.05) is 0 Å². The molecular formula is C10H11BrN2O5S. The quantitative estimate of drug-likeness (QED) is 0.399. The van der Waals surface area contributed by atoms with Gasteiger partial charge in [0, 0.05) is 11.1 Å². The van der Waals surface area contributed by atoms with Gasteiger partial charge >= 0.3 is 11.9 Å². The number of halogens is 1. The van der Waals surface area contributed by atoms with Gasteiger partial charge in [-0.05, 0) is 0 Å². The number of carboxylic acid groups (broad SMARTS) is 1. The van der Waals surface area contributed by atoms with E-state index in [2.05, 4.69) is 15.9 Å². The highest BCUT2D eigenvalue weighted by Gasteiger charge is 2.52. The van der Waals surface area contributed by atoms with Crippen LogP contribution >= 0.6 is 27.7 Å². The Hall–Kier alpha value is -1.06. The van der Waals surface area contributed by atoms with Gasteiger partial charge in [-0.2, -0.15) is 0 Å². The molecule has 1 amide bonds. The molecule has 0 saturated carbocycles. The summed E-state index contributed by atoms with van der Waals surface area (Å²) in [6.45, 7) is 0.136. The minimum Gasteiger partial charge on any atom is -0.477 e. The molecule has 9 heteroatoms. The van der Waals surface area contributed by atoms with Crippen molar-refractivity contribution in [2.45, 2.75) is 11.4 Å². The van der Waals surface area contributed by atoms with Crippen LogP contribution in [0.25, 0.3) is 0 Å². The summed E-state index contributed by atoms with van der Waals surface area (Å²) < 4.78 is 4.89. The van der Waals surface area contributed by atoms with Gasteiger partial charge < -0.3 is 15.6 Å². The number of aliphatic carboxylic acids is 1. The van der Waals surface area contributed by atoms with E-state index < -0.39 is 29.3 Å². The molecule has 0 aliphatic carbocycles. The predicted octanol–water partition coefficient (Wildman–Crippen LogP) is -0.494. The van der Waals surface area contributed by atoms with Crippen LogP contribution in [0.5, 0.6) is 0 Å². The van der Waals surface area contributed by atoms with Gasteiger partial charge in [0.15, 0.2) is 0 Å². The summed E-state index contributed by atoms with van der Waals surface area (Å²) in [4.78, 5) is 35.7. The highest BCUT2D eigenvalue weighted by molar-refractivity contribution is 9.09. The van der Waals surface area contributed by atoms with E-state index >= 15 is 0 Å². The van der Waals surface area contributed by atoms with E-state index in [0.717, 1.165) is 4.90 Å². The number of rotatable bonds is 4. The third-order valence-electron chi connectivity index (χ3n) is 2.77. The van der Waals surface area contributed by atoms with Crippen LogP contribution < -0.4 is 5.73 Å². The number of esters is 1. The summed E-state index contributed by atoms with van der Waals surface area (Å²) in [5, 5.41) is 9.24. The number of hydrogen-bond donors (Lipinski definition) is 2. The van der Waals surface area contributed by atoms with Crippen molar-refractivity contribution < 1.29 is 24.2 Å². The summed E-state index contributed by atoms with van der Waals surface area (Å²) in [6, 6.07) is -0.709. The number of nitrogens with zero attached hydrogens (tertiary/aromatic N) is 1. The van der Waals surface area contributed by atoms with Gasteiger partial charge in [0.05, 0.1) is 5.57 Å². The molecule has 0 aromatic rings. The fraction of sp³-hybridized carbons (Fsp3) is 0.500. The molecule has 0 radical (unpaired) electrons.